The minimum atomic E-state index is -0.257. The van der Waals surface area contributed by atoms with Crippen LogP contribution >= 0.6 is 0 Å². The van der Waals surface area contributed by atoms with Crippen molar-refractivity contribution in [1.29, 1.82) is 0 Å². The molecule has 7 heteroatoms. The second-order valence-electron chi connectivity index (χ2n) is 6.52. The largest absolute Gasteiger partial charge is 0.378 e. The molecule has 0 spiro atoms. The van der Waals surface area contributed by atoms with E-state index < -0.39 is 0 Å². The predicted octanol–water partition coefficient (Wildman–Crippen LogP) is 0.888. The Morgan fingerprint density at radius 1 is 1.42 bits per heavy atom. The number of ether oxygens (including phenoxy) is 1. The Labute approximate surface area is 143 Å². The van der Waals surface area contributed by atoms with Crippen molar-refractivity contribution in [2.45, 2.75) is 52.3 Å². The number of likely N-dealkylation sites (N-methyl/N-ethyl adjacent to an activating group) is 1. The predicted molar refractivity (Wildman–Crippen MR) is 90.5 cm³/mol. The molecule has 0 saturated heterocycles. The Balaban J connectivity index is 1.90. The first kappa shape index (κ1) is 18.4. The lowest BCUT2D eigenvalue weighted by Gasteiger charge is -2.30. The summed E-state index contributed by atoms with van der Waals surface area (Å²) in [7, 11) is 3.37. The first-order chi connectivity index (χ1) is 11.3. The minimum Gasteiger partial charge on any atom is -0.378 e. The molecule has 2 rings (SSSR count). The van der Waals surface area contributed by atoms with E-state index in [9.17, 15) is 9.59 Å². The molecule has 1 saturated carbocycles. The Hall–Kier alpha value is -1.89. The summed E-state index contributed by atoms with van der Waals surface area (Å²) < 4.78 is 7.44. The maximum Gasteiger partial charge on any atom is 0.225 e. The molecule has 0 bridgehead atoms. The molecular weight excluding hydrogens is 308 g/mol. The molecule has 3 atom stereocenters. The molecule has 0 radical (unpaired) electrons. The maximum absolute atomic E-state index is 12.5. The summed E-state index contributed by atoms with van der Waals surface area (Å²) in [4.78, 5) is 25.8. The monoisotopic (exact) mass is 336 g/mol. The number of rotatable bonds is 6. The van der Waals surface area contributed by atoms with Gasteiger partial charge in [-0.05, 0) is 32.8 Å². The number of hydrogen-bond donors (Lipinski definition) is 1. The van der Waals surface area contributed by atoms with Crippen LogP contribution in [0.4, 0.5) is 0 Å². The zero-order chi connectivity index (χ0) is 17.9. The van der Waals surface area contributed by atoms with Crippen molar-refractivity contribution < 1.29 is 14.3 Å². The van der Waals surface area contributed by atoms with E-state index in [4.69, 9.17) is 4.74 Å². The average molecular weight is 336 g/mol. The summed E-state index contributed by atoms with van der Waals surface area (Å²) >= 11 is 0. The molecule has 1 aliphatic carbocycles. The zero-order valence-electron chi connectivity index (χ0n) is 15.2. The molecule has 24 heavy (non-hydrogen) atoms. The van der Waals surface area contributed by atoms with Crippen molar-refractivity contribution in [2.24, 2.45) is 5.92 Å². The molecular formula is C17H28N4O3. The molecule has 7 nitrogen and oxygen atoms in total. The van der Waals surface area contributed by atoms with Gasteiger partial charge in [0.25, 0.3) is 0 Å². The van der Waals surface area contributed by atoms with Gasteiger partial charge in [0.05, 0.1) is 30.3 Å². The van der Waals surface area contributed by atoms with Gasteiger partial charge in [-0.1, -0.05) is 0 Å². The van der Waals surface area contributed by atoms with E-state index in [1.54, 1.807) is 19.1 Å². The summed E-state index contributed by atoms with van der Waals surface area (Å²) in [6, 6.07) is 1.97. The molecule has 1 aromatic rings. The highest BCUT2D eigenvalue weighted by atomic mass is 16.5. The van der Waals surface area contributed by atoms with Gasteiger partial charge >= 0.3 is 0 Å². The van der Waals surface area contributed by atoms with Gasteiger partial charge in [-0.25, -0.2) is 0 Å². The second kappa shape index (κ2) is 7.79. The number of amides is 2. The van der Waals surface area contributed by atoms with Gasteiger partial charge in [-0.3, -0.25) is 14.3 Å². The molecule has 1 N–H and O–H groups in total. The van der Waals surface area contributed by atoms with Crippen LogP contribution in [0.25, 0.3) is 0 Å². The molecule has 0 aliphatic heterocycles. The molecule has 1 heterocycles. The number of aromatic nitrogens is 2. The van der Waals surface area contributed by atoms with Crippen LogP contribution < -0.4 is 5.32 Å². The molecule has 1 fully saturated rings. The van der Waals surface area contributed by atoms with Crippen LogP contribution in [0, 0.1) is 19.8 Å². The molecule has 0 unspecified atom stereocenters. The summed E-state index contributed by atoms with van der Waals surface area (Å²) in [5.41, 5.74) is 2.06. The minimum absolute atomic E-state index is 0.00682. The number of carbonyl (C=O) groups is 2. The Morgan fingerprint density at radius 3 is 2.67 bits per heavy atom. The number of nitrogens with one attached hydrogen (secondary N) is 1. The van der Waals surface area contributed by atoms with Crippen molar-refractivity contribution in [3.8, 4) is 0 Å². The van der Waals surface area contributed by atoms with Gasteiger partial charge in [-0.2, -0.15) is 5.10 Å². The van der Waals surface area contributed by atoms with Gasteiger partial charge in [-0.15, -0.1) is 0 Å². The third-order valence-corrected chi connectivity index (χ3v) is 4.88. The number of aryl methyl sites for hydroxylation is 2. The standard InChI is InChI=1S/C17H28N4O3/c1-11-10-12(2)21(19-11)9-8-18-17(23)14-6-7-15(16(14)24-5)20(4)13(3)22/h10,14-16H,6-9H2,1-5H3,(H,18,23)/t14-,15-,16+/m1/s1. The van der Waals surface area contributed by atoms with Crippen LogP contribution in [0.2, 0.25) is 0 Å². The molecule has 134 valence electrons. The van der Waals surface area contributed by atoms with Crippen molar-refractivity contribution >= 4 is 11.8 Å². The van der Waals surface area contributed by atoms with E-state index in [0.29, 0.717) is 13.1 Å². The van der Waals surface area contributed by atoms with Crippen molar-refractivity contribution in [1.82, 2.24) is 20.0 Å². The van der Waals surface area contributed by atoms with Crippen molar-refractivity contribution in [2.75, 3.05) is 20.7 Å². The van der Waals surface area contributed by atoms with E-state index in [1.165, 1.54) is 6.92 Å². The Morgan fingerprint density at radius 2 is 2.12 bits per heavy atom. The highest BCUT2D eigenvalue weighted by molar-refractivity contribution is 5.80. The summed E-state index contributed by atoms with van der Waals surface area (Å²) in [6.45, 7) is 6.67. The van der Waals surface area contributed by atoms with Gasteiger partial charge < -0.3 is 15.0 Å². The van der Waals surface area contributed by atoms with Crippen LogP contribution in [-0.4, -0.2) is 59.3 Å². The second-order valence-corrected chi connectivity index (χ2v) is 6.52. The van der Waals surface area contributed by atoms with E-state index in [-0.39, 0.29) is 29.9 Å². The van der Waals surface area contributed by atoms with Crippen LogP contribution in [0.15, 0.2) is 6.07 Å². The Bertz CT molecular complexity index is 599. The highest BCUT2D eigenvalue weighted by Crippen LogP contribution is 2.31. The fraction of sp³-hybridized carbons (Fsp3) is 0.706. The molecule has 1 aliphatic rings. The lowest BCUT2D eigenvalue weighted by Crippen LogP contribution is -2.46. The molecule has 2 amide bonds. The third kappa shape index (κ3) is 3.95. The SMILES string of the molecule is CO[C@@H]1[C@H](N(C)C(C)=O)CC[C@H]1C(=O)NCCn1nc(C)cc1C. The van der Waals surface area contributed by atoms with Crippen LogP contribution in [0.5, 0.6) is 0 Å². The summed E-state index contributed by atoms with van der Waals surface area (Å²) in [5.74, 6) is -0.238. The highest BCUT2D eigenvalue weighted by Gasteiger charge is 2.42. The quantitative estimate of drug-likeness (QED) is 0.837. The van der Waals surface area contributed by atoms with Crippen LogP contribution in [-0.2, 0) is 20.9 Å². The van der Waals surface area contributed by atoms with E-state index >= 15 is 0 Å². The number of nitrogens with zero attached hydrogens (tertiary/aromatic N) is 3. The first-order valence-corrected chi connectivity index (χ1v) is 8.40. The smallest absolute Gasteiger partial charge is 0.225 e. The first-order valence-electron chi connectivity index (χ1n) is 8.40. The number of carbonyl (C=O) groups excluding carboxylic acids is 2. The average Bonchev–Trinajstić information content (AvgIpc) is 3.09. The summed E-state index contributed by atoms with van der Waals surface area (Å²) in [5, 5.41) is 7.37. The van der Waals surface area contributed by atoms with Gasteiger partial charge in [0.1, 0.15) is 0 Å². The normalized spacial score (nSPS) is 23.3. The lowest BCUT2D eigenvalue weighted by molar-refractivity contribution is -0.135. The van der Waals surface area contributed by atoms with Gasteiger partial charge in [0.2, 0.25) is 11.8 Å². The Kier molecular flexibility index (Phi) is 5.99. The fourth-order valence-corrected chi connectivity index (χ4v) is 3.51. The van der Waals surface area contributed by atoms with E-state index in [2.05, 4.69) is 10.4 Å². The molecule has 1 aromatic heterocycles. The van der Waals surface area contributed by atoms with Crippen molar-refractivity contribution in [3.63, 3.8) is 0 Å². The number of methoxy groups -OCH3 is 1. The fourth-order valence-electron chi connectivity index (χ4n) is 3.51. The summed E-state index contributed by atoms with van der Waals surface area (Å²) in [6.07, 6.45) is 1.25. The topological polar surface area (TPSA) is 76.5 Å². The zero-order valence-corrected chi connectivity index (χ0v) is 15.2. The maximum atomic E-state index is 12.5. The third-order valence-electron chi connectivity index (χ3n) is 4.88. The van der Waals surface area contributed by atoms with E-state index in [0.717, 1.165) is 24.2 Å². The lowest BCUT2D eigenvalue weighted by atomic mass is 10.0. The number of hydrogen-bond acceptors (Lipinski definition) is 4. The van der Waals surface area contributed by atoms with Crippen LogP contribution in [0.1, 0.15) is 31.2 Å². The van der Waals surface area contributed by atoms with Crippen molar-refractivity contribution in [3.05, 3.63) is 17.5 Å². The van der Waals surface area contributed by atoms with E-state index in [1.807, 2.05) is 24.6 Å². The molecule has 0 aromatic carbocycles. The van der Waals surface area contributed by atoms with Gasteiger partial charge in [0.15, 0.2) is 0 Å². The van der Waals surface area contributed by atoms with Crippen LogP contribution in [0.3, 0.4) is 0 Å². The van der Waals surface area contributed by atoms with Gasteiger partial charge in [0, 0.05) is 33.3 Å².